The van der Waals surface area contributed by atoms with Gasteiger partial charge in [-0.1, -0.05) is 18.2 Å². The summed E-state index contributed by atoms with van der Waals surface area (Å²) in [5.74, 6) is 1.81. The van der Waals surface area contributed by atoms with Crippen LogP contribution < -0.4 is 4.90 Å². The fourth-order valence-corrected chi connectivity index (χ4v) is 3.80. The molecular formula is C22H24N6O3. The molecule has 1 unspecified atom stereocenters. The Hall–Kier alpha value is -3.27. The molecule has 0 radical (unpaired) electrons. The third-order valence-corrected chi connectivity index (χ3v) is 5.48. The minimum absolute atomic E-state index is 0.206. The number of methoxy groups -OCH3 is 1. The standard InChI is InChI=1S/C22H24N6O3/c1-30-19(14-29)22-24-20(27-8-10-31-11-9-27)12-21(25-22)28-7-6-18(26-28)16-13-23-17-5-3-2-4-15(16)17/h2-7,12-13,19,23,29H,8-11,14H2,1H3. The van der Waals surface area contributed by atoms with Crippen molar-refractivity contribution in [3.63, 3.8) is 0 Å². The highest BCUT2D eigenvalue weighted by Crippen LogP contribution is 2.28. The van der Waals surface area contributed by atoms with E-state index in [2.05, 4.69) is 25.9 Å². The lowest BCUT2D eigenvalue weighted by Gasteiger charge is -2.28. The van der Waals surface area contributed by atoms with Crippen molar-refractivity contribution in [2.75, 3.05) is 44.9 Å². The molecular weight excluding hydrogens is 396 g/mol. The van der Waals surface area contributed by atoms with Crippen LogP contribution in [0.1, 0.15) is 11.9 Å². The smallest absolute Gasteiger partial charge is 0.164 e. The highest BCUT2D eigenvalue weighted by Gasteiger charge is 2.20. The molecule has 1 fully saturated rings. The number of para-hydroxylation sites is 1. The number of hydrogen-bond acceptors (Lipinski definition) is 7. The van der Waals surface area contributed by atoms with E-state index >= 15 is 0 Å². The quantitative estimate of drug-likeness (QED) is 0.494. The SMILES string of the molecule is COC(CO)c1nc(N2CCOCC2)cc(-n2ccc(-c3c[nH]c4ccccc34)n2)n1. The van der Waals surface area contributed by atoms with Crippen LogP contribution in [0.3, 0.4) is 0 Å². The molecule has 1 aliphatic rings. The maximum absolute atomic E-state index is 9.71. The number of morpholine rings is 1. The minimum atomic E-state index is -0.608. The fourth-order valence-electron chi connectivity index (χ4n) is 3.80. The van der Waals surface area contributed by atoms with E-state index < -0.39 is 6.10 Å². The van der Waals surface area contributed by atoms with Gasteiger partial charge in [-0.2, -0.15) is 5.10 Å². The van der Waals surface area contributed by atoms with Gasteiger partial charge in [-0.05, 0) is 12.1 Å². The van der Waals surface area contributed by atoms with Gasteiger partial charge in [0.05, 0.1) is 25.5 Å². The number of H-pyrrole nitrogens is 1. The number of aromatic amines is 1. The van der Waals surface area contributed by atoms with Crippen LogP contribution >= 0.6 is 0 Å². The summed E-state index contributed by atoms with van der Waals surface area (Å²) in [5.41, 5.74) is 2.94. The first-order valence-corrected chi connectivity index (χ1v) is 10.2. The first-order valence-electron chi connectivity index (χ1n) is 10.2. The number of nitrogens with zero attached hydrogens (tertiary/aromatic N) is 5. The average molecular weight is 420 g/mol. The zero-order chi connectivity index (χ0) is 21.2. The molecule has 0 aliphatic carbocycles. The van der Waals surface area contributed by atoms with E-state index in [0.717, 1.165) is 41.1 Å². The van der Waals surface area contributed by atoms with Gasteiger partial charge in [0.2, 0.25) is 0 Å². The normalized spacial score (nSPS) is 15.5. The van der Waals surface area contributed by atoms with E-state index in [1.165, 1.54) is 7.11 Å². The number of fused-ring (bicyclic) bond motifs is 1. The third-order valence-electron chi connectivity index (χ3n) is 5.48. The Morgan fingerprint density at radius 1 is 1.16 bits per heavy atom. The zero-order valence-electron chi connectivity index (χ0n) is 17.2. The summed E-state index contributed by atoms with van der Waals surface area (Å²) in [6.45, 7) is 2.57. The maximum atomic E-state index is 9.71. The van der Waals surface area contributed by atoms with E-state index in [1.807, 2.05) is 42.7 Å². The molecule has 1 saturated heterocycles. The molecule has 9 nitrogen and oxygen atoms in total. The molecule has 1 atom stereocenters. The summed E-state index contributed by atoms with van der Waals surface area (Å²) in [6.07, 6.45) is 3.24. The second-order valence-electron chi connectivity index (χ2n) is 7.34. The molecule has 1 aromatic carbocycles. The van der Waals surface area contributed by atoms with Crippen LogP contribution in [0.5, 0.6) is 0 Å². The van der Waals surface area contributed by atoms with Crippen molar-refractivity contribution in [1.82, 2.24) is 24.7 Å². The second kappa shape index (κ2) is 8.46. The van der Waals surface area contributed by atoms with Crippen LogP contribution in [0.25, 0.3) is 28.0 Å². The molecule has 0 spiro atoms. The van der Waals surface area contributed by atoms with Crippen LogP contribution in [0, 0.1) is 0 Å². The van der Waals surface area contributed by atoms with Crippen LogP contribution in [0.4, 0.5) is 5.82 Å². The van der Waals surface area contributed by atoms with E-state index in [4.69, 9.17) is 14.6 Å². The molecule has 5 rings (SSSR count). The van der Waals surface area contributed by atoms with Crippen molar-refractivity contribution in [1.29, 1.82) is 0 Å². The van der Waals surface area contributed by atoms with Crippen molar-refractivity contribution in [2.24, 2.45) is 0 Å². The summed E-state index contributed by atoms with van der Waals surface area (Å²) in [6, 6.07) is 12.0. The molecule has 31 heavy (non-hydrogen) atoms. The van der Waals surface area contributed by atoms with Crippen LogP contribution in [-0.4, -0.2) is 69.9 Å². The summed E-state index contributed by atoms with van der Waals surface area (Å²) in [4.78, 5) is 14.7. The number of benzene rings is 1. The van der Waals surface area contributed by atoms with Gasteiger partial charge in [0, 0.05) is 55.1 Å². The van der Waals surface area contributed by atoms with Gasteiger partial charge < -0.3 is 24.5 Å². The predicted octanol–water partition coefficient (Wildman–Crippen LogP) is 2.33. The number of ether oxygens (including phenoxy) is 2. The van der Waals surface area contributed by atoms with E-state index in [0.29, 0.717) is 24.9 Å². The number of aliphatic hydroxyl groups excluding tert-OH is 1. The van der Waals surface area contributed by atoms with Crippen LogP contribution in [0.15, 0.2) is 48.8 Å². The number of aliphatic hydroxyl groups is 1. The van der Waals surface area contributed by atoms with E-state index in [-0.39, 0.29) is 6.61 Å². The van der Waals surface area contributed by atoms with Crippen molar-refractivity contribution < 1.29 is 14.6 Å². The molecule has 1 aliphatic heterocycles. The van der Waals surface area contributed by atoms with Crippen molar-refractivity contribution in [3.05, 3.63) is 54.6 Å². The van der Waals surface area contributed by atoms with Gasteiger partial charge >= 0.3 is 0 Å². The second-order valence-corrected chi connectivity index (χ2v) is 7.34. The lowest BCUT2D eigenvalue weighted by molar-refractivity contribution is 0.0422. The van der Waals surface area contributed by atoms with Gasteiger partial charge in [0.1, 0.15) is 11.9 Å². The van der Waals surface area contributed by atoms with E-state index in [9.17, 15) is 5.11 Å². The Morgan fingerprint density at radius 2 is 1.97 bits per heavy atom. The maximum Gasteiger partial charge on any atom is 0.164 e. The largest absolute Gasteiger partial charge is 0.393 e. The lowest BCUT2D eigenvalue weighted by Crippen LogP contribution is -2.37. The number of nitrogens with one attached hydrogen (secondary N) is 1. The van der Waals surface area contributed by atoms with Crippen molar-refractivity contribution in [3.8, 4) is 17.1 Å². The zero-order valence-corrected chi connectivity index (χ0v) is 17.2. The Labute approximate surface area is 179 Å². The van der Waals surface area contributed by atoms with Gasteiger partial charge in [0.15, 0.2) is 11.6 Å². The minimum Gasteiger partial charge on any atom is -0.393 e. The fraction of sp³-hybridized carbons (Fsp3) is 0.318. The topological polar surface area (TPSA) is 101 Å². The van der Waals surface area contributed by atoms with E-state index in [1.54, 1.807) is 4.68 Å². The summed E-state index contributed by atoms with van der Waals surface area (Å²) >= 11 is 0. The molecule has 9 heteroatoms. The van der Waals surface area contributed by atoms with Crippen molar-refractivity contribution in [2.45, 2.75) is 6.10 Å². The van der Waals surface area contributed by atoms with Crippen LogP contribution in [-0.2, 0) is 9.47 Å². The summed E-state index contributed by atoms with van der Waals surface area (Å²) < 4.78 is 12.6. The monoisotopic (exact) mass is 420 g/mol. The Kier molecular flexibility index (Phi) is 5.37. The van der Waals surface area contributed by atoms with Gasteiger partial charge in [-0.15, -0.1) is 0 Å². The molecule has 160 valence electrons. The summed E-state index contributed by atoms with van der Waals surface area (Å²) in [7, 11) is 1.54. The van der Waals surface area contributed by atoms with Crippen LogP contribution in [0.2, 0.25) is 0 Å². The first kappa shape index (κ1) is 19.7. The highest BCUT2D eigenvalue weighted by atomic mass is 16.5. The molecule has 0 amide bonds. The molecule has 4 aromatic rings. The van der Waals surface area contributed by atoms with Crippen molar-refractivity contribution >= 4 is 16.7 Å². The predicted molar refractivity (Wildman–Crippen MR) is 116 cm³/mol. The Bertz CT molecular complexity index is 1180. The number of hydrogen-bond donors (Lipinski definition) is 2. The number of aromatic nitrogens is 5. The lowest BCUT2D eigenvalue weighted by atomic mass is 10.1. The number of anilines is 1. The van der Waals surface area contributed by atoms with Gasteiger partial charge in [-0.25, -0.2) is 14.6 Å². The molecule has 0 saturated carbocycles. The molecule has 2 N–H and O–H groups in total. The molecule has 3 aromatic heterocycles. The third kappa shape index (κ3) is 3.78. The molecule has 4 heterocycles. The molecule has 0 bridgehead atoms. The summed E-state index contributed by atoms with van der Waals surface area (Å²) in [5, 5.41) is 15.6. The van der Waals surface area contributed by atoms with Gasteiger partial charge in [0.25, 0.3) is 0 Å². The average Bonchev–Trinajstić information content (AvgIpc) is 3.48. The first-order chi connectivity index (χ1) is 15.3. The Morgan fingerprint density at radius 3 is 2.77 bits per heavy atom. The highest BCUT2D eigenvalue weighted by molar-refractivity contribution is 5.94. The number of rotatable bonds is 6. The Balaban J connectivity index is 1.55. The van der Waals surface area contributed by atoms with Gasteiger partial charge in [-0.3, -0.25) is 0 Å².